The molecule has 0 aliphatic heterocycles. The van der Waals surface area contributed by atoms with Crippen molar-refractivity contribution in [2.45, 2.75) is 11.7 Å². The second-order valence-corrected chi connectivity index (χ2v) is 5.00. The van der Waals surface area contributed by atoms with E-state index in [2.05, 4.69) is 43.6 Å². The summed E-state index contributed by atoms with van der Waals surface area (Å²) in [6, 6.07) is 7.85. The Balaban J connectivity index is 0.000000921. The van der Waals surface area contributed by atoms with Gasteiger partial charge in [0.2, 0.25) is 0 Å². The third kappa shape index (κ3) is 7.94. The molecule has 0 heterocycles. The Morgan fingerprint density at radius 2 is 1.86 bits per heavy atom. The van der Waals surface area contributed by atoms with Crippen LogP contribution in [-0.4, -0.2) is 20.7 Å². The molecule has 0 amide bonds. The van der Waals surface area contributed by atoms with Crippen molar-refractivity contribution in [2.24, 2.45) is 0 Å². The van der Waals surface area contributed by atoms with Gasteiger partial charge in [-0.2, -0.15) is 0 Å². The third-order valence-corrected chi connectivity index (χ3v) is 3.63. The Morgan fingerprint density at radius 1 is 1.19 bits per heavy atom. The van der Waals surface area contributed by atoms with Gasteiger partial charge in [0.15, 0.2) is 0 Å². The molecule has 108 valence electrons. The fraction of sp³-hybridized carbons (Fsp3) is 0.176. The molecule has 0 saturated heterocycles. The Hall–Kier alpha value is -2.08. The first-order chi connectivity index (χ1) is 10.4. The minimum Gasteiger partial charge on any atom is -0.281 e. The van der Waals surface area contributed by atoms with Gasteiger partial charge in [-0.05, 0) is 0 Å². The molecule has 4 heteroatoms. The molecule has 0 unspecified atom stereocenters. The summed E-state index contributed by atoms with van der Waals surface area (Å²) in [5.74, 6) is 7.25. The Bertz CT molecular complexity index is 519. The van der Waals surface area contributed by atoms with Crippen LogP contribution in [0.2, 0.25) is 5.32 Å². The molecule has 1 aliphatic rings. The molecule has 0 saturated carbocycles. The number of benzene rings is 1. The van der Waals surface area contributed by atoms with E-state index in [9.17, 15) is 0 Å². The Labute approximate surface area is 132 Å². The minimum atomic E-state index is 0.873. The molecule has 0 spiro atoms. The first-order valence-electron chi connectivity index (χ1n) is 5.84. The summed E-state index contributed by atoms with van der Waals surface area (Å²) in [5, 5.41) is 0.930. The minimum absolute atomic E-state index is 0.873. The van der Waals surface area contributed by atoms with Crippen LogP contribution in [0.1, 0.15) is 12.0 Å². The molecule has 0 fully saturated rings. The molecule has 3 nitrogen and oxygen atoms in total. The SMILES string of the molecule is COc1ccc(C#C[CH2][Fe][C]2=CC=CC2)cc1.[C]=O.[C]=O. The maximum absolute atomic E-state index is 7.50. The summed E-state index contributed by atoms with van der Waals surface area (Å²) < 4.78 is 6.58. The molecule has 0 bridgehead atoms. The molecule has 1 aromatic carbocycles. The molecular weight excluding hydrogens is 308 g/mol. The molecular formula is C17H14FeO3. The van der Waals surface area contributed by atoms with Crippen LogP contribution in [0.3, 0.4) is 0 Å². The van der Waals surface area contributed by atoms with E-state index in [1.807, 2.05) is 24.3 Å². The maximum atomic E-state index is 7.50. The first-order valence-corrected chi connectivity index (χ1v) is 7.17. The van der Waals surface area contributed by atoms with Crippen molar-refractivity contribution in [3.8, 4) is 17.6 Å². The second kappa shape index (κ2) is 12.9. The summed E-state index contributed by atoms with van der Waals surface area (Å²) in [4.78, 5) is 15.0. The number of hydrogen-bond donors (Lipinski definition) is 0. The van der Waals surface area contributed by atoms with E-state index >= 15 is 0 Å². The normalized spacial score (nSPS) is 11.0. The van der Waals surface area contributed by atoms with E-state index in [4.69, 9.17) is 14.3 Å². The topological polar surface area (TPSA) is 43.4 Å². The van der Waals surface area contributed by atoms with Crippen molar-refractivity contribution in [2.75, 3.05) is 7.11 Å². The van der Waals surface area contributed by atoms with Crippen molar-refractivity contribution in [3.63, 3.8) is 0 Å². The van der Waals surface area contributed by atoms with Crippen LogP contribution in [0.5, 0.6) is 5.75 Å². The van der Waals surface area contributed by atoms with Crippen LogP contribution in [0, 0.1) is 11.8 Å². The van der Waals surface area contributed by atoms with Gasteiger partial charge >= 0.3 is 109 Å². The number of methoxy groups -OCH3 is 1. The molecule has 2 rings (SSSR count). The average molecular weight is 322 g/mol. The van der Waals surface area contributed by atoms with E-state index in [-0.39, 0.29) is 0 Å². The van der Waals surface area contributed by atoms with Crippen LogP contribution < -0.4 is 4.74 Å². The van der Waals surface area contributed by atoms with Gasteiger partial charge in [0.25, 0.3) is 13.6 Å². The fourth-order valence-corrected chi connectivity index (χ4v) is 2.40. The van der Waals surface area contributed by atoms with Gasteiger partial charge in [0, 0.05) is 0 Å². The van der Waals surface area contributed by atoms with Crippen molar-refractivity contribution in [1.29, 1.82) is 0 Å². The smallest absolute Gasteiger partial charge is 0.281 e. The van der Waals surface area contributed by atoms with Gasteiger partial charge < -0.3 is 0 Å². The zero-order valence-corrected chi connectivity index (χ0v) is 12.6. The molecule has 0 atom stereocenters. The van der Waals surface area contributed by atoms with Gasteiger partial charge in [-0.1, -0.05) is 0 Å². The summed E-state index contributed by atoms with van der Waals surface area (Å²) in [6.07, 6.45) is 7.59. The van der Waals surface area contributed by atoms with Gasteiger partial charge in [-0.15, -0.1) is 0 Å². The molecule has 1 aliphatic carbocycles. The fourth-order valence-electron chi connectivity index (χ4n) is 1.43. The van der Waals surface area contributed by atoms with Crippen molar-refractivity contribution in [3.05, 3.63) is 52.5 Å². The predicted molar refractivity (Wildman–Crippen MR) is 77.9 cm³/mol. The number of carbonyl (C=O) groups excluding carboxylic acids is 2. The third-order valence-electron chi connectivity index (χ3n) is 2.33. The van der Waals surface area contributed by atoms with Crippen LogP contribution in [-0.2, 0) is 24.5 Å². The van der Waals surface area contributed by atoms with E-state index in [1.54, 1.807) is 7.11 Å². The first kappa shape index (κ1) is 18.9. The van der Waals surface area contributed by atoms with E-state index in [0.29, 0.717) is 0 Å². The van der Waals surface area contributed by atoms with E-state index in [1.165, 1.54) is 4.47 Å². The van der Waals surface area contributed by atoms with E-state index < -0.39 is 0 Å². The maximum Gasteiger partial charge on any atom is 0.281 e. The van der Waals surface area contributed by atoms with Gasteiger partial charge in [-0.25, -0.2) is 0 Å². The number of rotatable bonds is 3. The zero-order valence-electron chi connectivity index (χ0n) is 11.5. The monoisotopic (exact) mass is 322 g/mol. The van der Waals surface area contributed by atoms with Crippen LogP contribution in [0.25, 0.3) is 0 Å². The van der Waals surface area contributed by atoms with Crippen molar-refractivity contribution in [1.82, 2.24) is 0 Å². The van der Waals surface area contributed by atoms with Crippen LogP contribution in [0.15, 0.2) is 47.0 Å². The summed E-state index contributed by atoms with van der Waals surface area (Å²) in [6.45, 7) is 9.00. The summed E-state index contributed by atoms with van der Waals surface area (Å²) in [5.41, 5.74) is 1.05. The van der Waals surface area contributed by atoms with Gasteiger partial charge in [0.05, 0.1) is 0 Å². The molecule has 4 radical (unpaired) electrons. The van der Waals surface area contributed by atoms with Gasteiger partial charge in [-0.3, -0.25) is 9.59 Å². The Morgan fingerprint density at radius 3 is 2.38 bits per heavy atom. The summed E-state index contributed by atoms with van der Waals surface area (Å²) >= 11 is 1.08. The van der Waals surface area contributed by atoms with Crippen molar-refractivity contribution < 1.29 is 29.3 Å². The number of hydrogen-bond acceptors (Lipinski definition) is 3. The largest absolute Gasteiger partial charge is 0.281 e. The predicted octanol–water partition coefficient (Wildman–Crippen LogP) is 2.60. The van der Waals surface area contributed by atoms with Gasteiger partial charge in [0.1, 0.15) is 0 Å². The quantitative estimate of drug-likeness (QED) is 0.635. The zero-order chi connectivity index (χ0) is 15.9. The molecule has 0 N–H and O–H groups in total. The molecule has 21 heavy (non-hydrogen) atoms. The average Bonchev–Trinajstić information content (AvgIpc) is 3.09. The second-order valence-electron chi connectivity index (χ2n) is 3.51. The standard InChI is InChI=1S/C10H9O.C5H5.2CO.Fe/c1-3-4-9-5-7-10(11-2)8-6-9;1-2-4-5-3-1;2*1-2;/h5-8H,1H2,2H3;1-3H,4H2;;;. The van der Waals surface area contributed by atoms with Crippen molar-refractivity contribution >= 4 is 13.6 Å². The Kier molecular flexibility index (Phi) is 11.6. The molecule has 1 aromatic rings. The molecule has 0 aromatic heterocycles. The number of allylic oxidation sites excluding steroid dienone is 4. The number of ether oxygens (including phenoxy) is 1. The van der Waals surface area contributed by atoms with Crippen LogP contribution in [0.4, 0.5) is 0 Å². The van der Waals surface area contributed by atoms with Crippen LogP contribution >= 0.6 is 0 Å². The van der Waals surface area contributed by atoms with E-state index in [0.717, 1.165) is 38.0 Å². The summed E-state index contributed by atoms with van der Waals surface area (Å²) in [7, 11) is 1.67.